The molecule has 0 aliphatic carbocycles. The predicted octanol–water partition coefficient (Wildman–Crippen LogP) is 4.18. The molecule has 2 atom stereocenters. The maximum atomic E-state index is 11.8. The van der Waals surface area contributed by atoms with E-state index in [1.807, 2.05) is 18.2 Å². The highest BCUT2D eigenvalue weighted by molar-refractivity contribution is 5.69. The van der Waals surface area contributed by atoms with Crippen molar-refractivity contribution in [3.8, 4) is 0 Å². The van der Waals surface area contributed by atoms with E-state index in [1.54, 1.807) is 0 Å². The number of hydrogen-bond acceptors (Lipinski definition) is 2. The third kappa shape index (κ3) is 2.71. The summed E-state index contributed by atoms with van der Waals surface area (Å²) in [4.78, 5) is 11.8. The number of cyclic esters (lactones) is 1. The molecule has 0 unspecified atom stereocenters. The summed E-state index contributed by atoms with van der Waals surface area (Å²) in [5.74, 6) is 0.124. The molecule has 1 heterocycles. The van der Waals surface area contributed by atoms with E-state index in [0.29, 0.717) is 6.54 Å². The lowest BCUT2D eigenvalue weighted by Crippen LogP contribution is -2.40. The second-order valence-corrected chi connectivity index (χ2v) is 6.04. The summed E-state index contributed by atoms with van der Waals surface area (Å²) in [6.07, 6.45) is -0.576. The fraction of sp³-hybridized carbons (Fsp3) is 0.316. The van der Waals surface area contributed by atoms with E-state index in [2.05, 4.69) is 50.4 Å². The zero-order chi connectivity index (χ0) is 15.7. The van der Waals surface area contributed by atoms with Gasteiger partial charge in [0.05, 0.1) is 0 Å². The average molecular weight is 295 g/mol. The summed E-state index contributed by atoms with van der Waals surface area (Å²) in [5, 5.41) is 2.82. The van der Waals surface area contributed by atoms with Crippen LogP contribution in [-0.2, 0) is 4.74 Å². The van der Waals surface area contributed by atoms with Gasteiger partial charge in [-0.3, -0.25) is 0 Å². The van der Waals surface area contributed by atoms with Crippen LogP contribution in [0.2, 0.25) is 0 Å². The van der Waals surface area contributed by atoms with Crippen molar-refractivity contribution in [2.24, 2.45) is 0 Å². The highest BCUT2D eigenvalue weighted by atomic mass is 16.6. The van der Waals surface area contributed by atoms with Gasteiger partial charge < -0.3 is 10.1 Å². The van der Waals surface area contributed by atoms with Gasteiger partial charge in [0.15, 0.2) is 0 Å². The lowest BCUT2D eigenvalue weighted by atomic mass is 9.84. The van der Waals surface area contributed by atoms with E-state index in [1.165, 1.54) is 22.3 Å². The SMILES string of the molecule is Cc1cc(C)c([C@@H]2OC(=O)NC[C@H]2c2ccccc2)c(C)c1. The molecule has 3 rings (SSSR count). The van der Waals surface area contributed by atoms with Crippen molar-refractivity contribution in [3.63, 3.8) is 0 Å². The first kappa shape index (κ1) is 14.6. The monoisotopic (exact) mass is 295 g/mol. The molecule has 1 aliphatic rings. The van der Waals surface area contributed by atoms with Crippen LogP contribution in [0.3, 0.4) is 0 Å². The number of amides is 1. The zero-order valence-electron chi connectivity index (χ0n) is 13.2. The number of benzene rings is 2. The third-order valence-corrected chi connectivity index (χ3v) is 4.32. The topological polar surface area (TPSA) is 38.3 Å². The van der Waals surface area contributed by atoms with Crippen LogP contribution in [0.15, 0.2) is 42.5 Å². The normalized spacial score (nSPS) is 21.1. The molecule has 1 fully saturated rings. The van der Waals surface area contributed by atoms with E-state index in [9.17, 15) is 4.79 Å². The number of hydrogen-bond donors (Lipinski definition) is 1. The summed E-state index contributed by atoms with van der Waals surface area (Å²) in [6.45, 7) is 6.87. The Kier molecular flexibility index (Phi) is 3.88. The number of carbonyl (C=O) groups excluding carboxylic acids is 1. The Morgan fingerprint density at radius 2 is 1.68 bits per heavy atom. The van der Waals surface area contributed by atoms with Crippen molar-refractivity contribution in [3.05, 3.63) is 70.3 Å². The van der Waals surface area contributed by atoms with Crippen molar-refractivity contribution < 1.29 is 9.53 Å². The molecular weight excluding hydrogens is 274 g/mol. The Hall–Kier alpha value is -2.29. The molecule has 1 amide bonds. The van der Waals surface area contributed by atoms with E-state index >= 15 is 0 Å². The molecule has 1 saturated heterocycles. The Morgan fingerprint density at radius 3 is 2.32 bits per heavy atom. The highest BCUT2D eigenvalue weighted by Gasteiger charge is 2.34. The second kappa shape index (κ2) is 5.84. The minimum atomic E-state index is -0.337. The molecule has 22 heavy (non-hydrogen) atoms. The number of alkyl carbamates (subject to hydrolysis) is 1. The van der Waals surface area contributed by atoms with Crippen LogP contribution in [0.25, 0.3) is 0 Å². The first-order valence-corrected chi connectivity index (χ1v) is 7.63. The van der Waals surface area contributed by atoms with Crippen molar-refractivity contribution in [1.29, 1.82) is 0 Å². The highest BCUT2D eigenvalue weighted by Crippen LogP contribution is 2.39. The van der Waals surface area contributed by atoms with Gasteiger partial charge in [-0.15, -0.1) is 0 Å². The Balaban J connectivity index is 2.06. The molecule has 2 aromatic carbocycles. The van der Waals surface area contributed by atoms with Gasteiger partial charge >= 0.3 is 6.09 Å². The maximum absolute atomic E-state index is 11.8. The summed E-state index contributed by atoms with van der Waals surface area (Å²) in [5.41, 5.74) is 5.91. The second-order valence-electron chi connectivity index (χ2n) is 6.04. The maximum Gasteiger partial charge on any atom is 0.407 e. The number of ether oxygens (including phenoxy) is 1. The molecular formula is C19H21NO2. The molecule has 1 N–H and O–H groups in total. The van der Waals surface area contributed by atoms with Crippen molar-refractivity contribution >= 4 is 6.09 Å². The molecule has 2 aromatic rings. The lowest BCUT2D eigenvalue weighted by molar-refractivity contribution is 0.0587. The van der Waals surface area contributed by atoms with Gasteiger partial charge in [-0.2, -0.15) is 0 Å². The van der Waals surface area contributed by atoms with Gasteiger partial charge in [0.25, 0.3) is 0 Å². The van der Waals surface area contributed by atoms with Crippen LogP contribution in [0, 0.1) is 20.8 Å². The molecule has 3 heteroatoms. The molecule has 0 radical (unpaired) electrons. The lowest BCUT2D eigenvalue weighted by Gasteiger charge is -2.34. The Morgan fingerprint density at radius 1 is 1.05 bits per heavy atom. The predicted molar refractivity (Wildman–Crippen MR) is 87.1 cm³/mol. The van der Waals surface area contributed by atoms with E-state index < -0.39 is 0 Å². The van der Waals surface area contributed by atoms with Crippen LogP contribution in [0.1, 0.15) is 39.8 Å². The first-order valence-electron chi connectivity index (χ1n) is 7.63. The van der Waals surface area contributed by atoms with Crippen molar-refractivity contribution in [2.45, 2.75) is 32.8 Å². The van der Waals surface area contributed by atoms with E-state index in [-0.39, 0.29) is 18.1 Å². The van der Waals surface area contributed by atoms with Crippen LogP contribution in [-0.4, -0.2) is 12.6 Å². The van der Waals surface area contributed by atoms with Gasteiger partial charge in [-0.05, 0) is 43.0 Å². The van der Waals surface area contributed by atoms with E-state index in [0.717, 1.165) is 5.56 Å². The summed E-state index contributed by atoms with van der Waals surface area (Å²) >= 11 is 0. The molecule has 114 valence electrons. The molecule has 0 aromatic heterocycles. The standard InChI is InChI=1S/C19H21NO2/c1-12-9-13(2)17(14(3)10-12)18-16(11-20-19(21)22-18)15-7-5-4-6-8-15/h4-10,16,18H,11H2,1-3H3,(H,20,21)/t16-,18+/m0/s1. The van der Waals surface area contributed by atoms with Gasteiger partial charge in [-0.25, -0.2) is 4.79 Å². The summed E-state index contributed by atoms with van der Waals surface area (Å²) < 4.78 is 5.69. The molecule has 0 spiro atoms. The van der Waals surface area contributed by atoms with E-state index in [4.69, 9.17) is 4.74 Å². The summed E-state index contributed by atoms with van der Waals surface area (Å²) in [7, 11) is 0. The smallest absolute Gasteiger partial charge is 0.407 e. The Labute approximate surface area is 131 Å². The Bertz CT molecular complexity index is 671. The minimum absolute atomic E-state index is 0.124. The van der Waals surface area contributed by atoms with Crippen LogP contribution < -0.4 is 5.32 Å². The largest absolute Gasteiger partial charge is 0.441 e. The fourth-order valence-corrected chi connectivity index (χ4v) is 3.43. The van der Waals surface area contributed by atoms with Gasteiger partial charge in [0.1, 0.15) is 6.10 Å². The third-order valence-electron chi connectivity index (χ3n) is 4.32. The van der Waals surface area contributed by atoms with Gasteiger partial charge in [0, 0.05) is 12.5 Å². The number of nitrogens with one attached hydrogen (secondary N) is 1. The quantitative estimate of drug-likeness (QED) is 0.902. The molecule has 1 aliphatic heterocycles. The zero-order valence-corrected chi connectivity index (χ0v) is 13.2. The van der Waals surface area contributed by atoms with Crippen LogP contribution in [0.5, 0.6) is 0 Å². The van der Waals surface area contributed by atoms with Gasteiger partial charge in [0.2, 0.25) is 0 Å². The summed E-state index contributed by atoms with van der Waals surface area (Å²) in [6, 6.07) is 14.5. The number of carbonyl (C=O) groups is 1. The average Bonchev–Trinajstić information content (AvgIpc) is 2.47. The van der Waals surface area contributed by atoms with Crippen LogP contribution >= 0.6 is 0 Å². The van der Waals surface area contributed by atoms with Gasteiger partial charge in [-0.1, -0.05) is 48.0 Å². The van der Waals surface area contributed by atoms with Crippen LogP contribution in [0.4, 0.5) is 4.79 Å². The molecule has 3 nitrogen and oxygen atoms in total. The first-order chi connectivity index (χ1) is 10.6. The number of rotatable bonds is 2. The minimum Gasteiger partial charge on any atom is -0.441 e. The fourth-order valence-electron chi connectivity index (χ4n) is 3.43. The molecule has 0 saturated carbocycles. The van der Waals surface area contributed by atoms with Crippen molar-refractivity contribution in [2.75, 3.05) is 6.54 Å². The molecule has 0 bridgehead atoms. The number of aryl methyl sites for hydroxylation is 3. The van der Waals surface area contributed by atoms with Crippen molar-refractivity contribution in [1.82, 2.24) is 5.32 Å².